The van der Waals surface area contributed by atoms with E-state index in [2.05, 4.69) is 16.9 Å². The van der Waals surface area contributed by atoms with Gasteiger partial charge in [0.2, 0.25) is 0 Å². The third kappa shape index (κ3) is 4.70. The molecule has 6 nitrogen and oxygen atoms in total. The molecular weight excluding hydrogens is 359 g/mol. The highest BCUT2D eigenvalue weighted by atomic mass is 19.1. The number of halogens is 1. The molecule has 0 saturated carbocycles. The largest absolute Gasteiger partial charge is 0.494 e. The Labute approximate surface area is 165 Å². The van der Waals surface area contributed by atoms with Crippen LogP contribution in [-0.2, 0) is 13.1 Å². The molecule has 0 unspecified atom stereocenters. The van der Waals surface area contributed by atoms with E-state index in [1.165, 1.54) is 13.2 Å². The zero-order chi connectivity index (χ0) is 20.1. The first-order valence-corrected chi connectivity index (χ1v) is 9.90. The summed E-state index contributed by atoms with van der Waals surface area (Å²) >= 11 is 0. The SMILES string of the molecule is CCCn1cc(C(=O)N2CCCN(Cc3ccc(F)c(OC)c3)CC2)c(C)n1. The molecule has 0 aliphatic carbocycles. The number of aromatic nitrogens is 2. The molecule has 2 aromatic rings. The maximum Gasteiger partial charge on any atom is 0.257 e. The molecule has 0 spiro atoms. The molecular formula is C21H29FN4O2. The van der Waals surface area contributed by atoms with Crippen LogP contribution in [0.1, 0.15) is 41.4 Å². The van der Waals surface area contributed by atoms with Crippen molar-refractivity contribution in [2.24, 2.45) is 0 Å². The summed E-state index contributed by atoms with van der Waals surface area (Å²) in [7, 11) is 1.47. The Balaban J connectivity index is 1.62. The first-order chi connectivity index (χ1) is 13.5. The minimum absolute atomic E-state index is 0.0603. The number of benzene rings is 1. The number of hydrogen-bond donors (Lipinski definition) is 0. The Morgan fingerprint density at radius 1 is 1.25 bits per heavy atom. The lowest BCUT2D eigenvalue weighted by Crippen LogP contribution is -2.35. The van der Waals surface area contributed by atoms with Crippen molar-refractivity contribution in [2.75, 3.05) is 33.3 Å². The molecule has 0 bridgehead atoms. The first-order valence-electron chi connectivity index (χ1n) is 9.90. The van der Waals surface area contributed by atoms with E-state index in [-0.39, 0.29) is 17.5 Å². The number of nitrogens with zero attached hydrogens (tertiary/aromatic N) is 4. The minimum Gasteiger partial charge on any atom is -0.494 e. The zero-order valence-corrected chi connectivity index (χ0v) is 16.9. The second kappa shape index (κ2) is 9.19. The van der Waals surface area contributed by atoms with Crippen molar-refractivity contribution < 1.29 is 13.9 Å². The summed E-state index contributed by atoms with van der Waals surface area (Å²) in [6.07, 6.45) is 3.77. The summed E-state index contributed by atoms with van der Waals surface area (Å²) in [6, 6.07) is 4.98. The van der Waals surface area contributed by atoms with Crippen molar-refractivity contribution in [3.63, 3.8) is 0 Å². The van der Waals surface area contributed by atoms with Gasteiger partial charge < -0.3 is 9.64 Å². The summed E-state index contributed by atoms with van der Waals surface area (Å²) < 4.78 is 20.5. The monoisotopic (exact) mass is 388 g/mol. The second-order valence-electron chi connectivity index (χ2n) is 7.28. The lowest BCUT2D eigenvalue weighted by molar-refractivity contribution is 0.0760. The van der Waals surface area contributed by atoms with Crippen molar-refractivity contribution in [1.29, 1.82) is 0 Å². The molecule has 1 aromatic carbocycles. The van der Waals surface area contributed by atoms with Gasteiger partial charge in [-0.2, -0.15) is 5.10 Å². The second-order valence-corrected chi connectivity index (χ2v) is 7.28. The van der Waals surface area contributed by atoms with Crippen LogP contribution in [0, 0.1) is 12.7 Å². The van der Waals surface area contributed by atoms with Crippen LogP contribution < -0.4 is 4.74 Å². The molecule has 152 valence electrons. The summed E-state index contributed by atoms with van der Waals surface area (Å²) in [4.78, 5) is 17.2. The van der Waals surface area contributed by atoms with Crippen LogP contribution in [0.5, 0.6) is 5.75 Å². The smallest absolute Gasteiger partial charge is 0.257 e. The Hall–Kier alpha value is -2.41. The van der Waals surface area contributed by atoms with Crippen molar-refractivity contribution in [2.45, 2.75) is 39.8 Å². The maximum absolute atomic E-state index is 13.6. The van der Waals surface area contributed by atoms with Gasteiger partial charge in [0.1, 0.15) is 0 Å². The van der Waals surface area contributed by atoms with Gasteiger partial charge in [0.15, 0.2) is 11.6 Å². The molecule has 1 fully saturated rings. The van der Waals surface area contributed by atoms with E-state index in [9.17, 15) is 9.18 Å². The molecule has 28 heavy (non-hydrogen) atoms. The standard InChI is InChI=1S/C21H29FN4O2/c1-4-8-26-15-18(16(2)23-26)21(27)25-10-5-9-24(11-12-25)14-17-6-7-19(22)20(13-17)28-3/h6-7,13,15H,4-5,8-12,14H2,1-3H3. The van der Waals surface area contributed by atoms with E-state index < -0.39 is 0 Å². The van der Waals surface area contributed by atoms with Gasteiger partial charge >= 0.3 is 0 Å². The number of ether oxygens (including phenoxy) is 1. The predicted octanol–water partition coefficient (Wildman–Crippen LogP) is 3.10. The van der Waals surface area contributed by atoms with Gasteiger partial charge in [0, 0.05) is 45.5 Å². The van der Waals surface area contributed by atoms with Gasteiger partial charge in [0.25, 0.3) is 5.91 Å². The topological polar surface area (TPSA) is 50.6 Å². The summed E-state index contributed by atoms with van der Waals surface area (Å²) in [5.74, 6) is -0.0216. The minimum atomic E-state index is -0.349. The third-order valence-electron chi connectivity index (χ3n) is 5.13. The normalized spacial score (nSPS) is 15.5. The van der Waals surface area contributed by atoms with Crippen LogP contribution in [0.4, 0.5) is 4.39 Å². The Morgan fingerprint density at radius 3 is 2.82 bits per heavy atom. The Morgan fingerprint density at radius 2 is 2.07 bits per heavy atom. The zero-order valence-electron chi connectivity index (χ0n) is 16.9. The van der Waals surface area contributed by atoms with Crippen LogP contribution in [0.2, 0.25) is 0 Å². The third-order valence-corrected chi connectivity index (χ3v) is 5.13. The maximum atomic E-state index is 13.6. The lowest BCUT2D eigenvalue weighted by Gasteiger charge is -2.22. The van der Waals surface area contributed by atoms with E-state index in [0.717, 1.165) is 50.3 Å². The highest BCUT2D eigenvalue weighted by molar-refractivity contribution is 5.95. The number of methoxy groups -OCH3 is 1. The van der Waals surface area contributed by atoms with E-state index >= 15 is 0 Å². The molecule has 1 aromatic heterocycles. The highest BCUT2D eigenvalue weighted by Crippen LogP contribution is 2.20. The van der Waals surface area contributed by atoms with Gasteiger partial charge in [-0.3, -0.25) is 14.4 Å². The molecule has 0 atom stereocenters. The lowest BCUT2D eigenvalue weighted by atomic mass is 10.2. The van der Waals surface area contributed by atoms with E-state index in [1.807, 2.05) is 22.7 Å². The van der Waals surface area contributed by atoms with Crippen molar-refractivity contribution in [3.05, 3.63) is 47.0 Å². The van der Waals surface area contributed by atoms with Crippen LogP contribution >= 0.6 is 0 Å². The van der Waals surface area contributed by atoms with Crippen molar-refractivity contribution in [1.82, 2.24) is 19.6 Å². The number of amides is 1. The quantitative estimate of drug-likeness (QED) is 0.763. The van der Waals surface area contributed by atoms with Crippen molar-refractivity contribution in [3.8, 4) is 5.75 Å². The molecule has 0 radical (unpaired) electrons. The van der Waals surface area contributed by atoms with E-state index in [4.69, 9.17) is 4.74 Å². The molecule has 1 aliphatic heterocycles. The number of rotatable bonds is 6. The van der Waals surface area contributed by atoms with Gasteiger partial charge in [-0.25, -0.2) is 4.39 Å². The summed E-state index contributed by atoms with van der Waals surface area (Å²) in [6.45, 7) is 8.63. The van der Waals surface area contributed by atoms with Crippen LogP contribution in [0.15, 0.2) is 24.4 Å². The van der Waals surface area contributed by atoms with Crippen molar-refractivity contribution >= 4 is 5.91 Å². The van der Waals surface area contributed by atoms with Crippen LogP contribution in [0.25, 0.3) is 0 Å². The predicted molar refractivity (Wildman–Crippen MR) is 106 cm³/mol. The van der Waals surface area contributed by atoms with Crippen LogP contribution in [0.3, 0.4) is 0 Å². The van der Waals surface area contributed by atoms with Gasteiger partial charge in [-0.1, -0.05) is 13.0 Å². The number of hydrogen-bond acceptors (Lipinski definition) is 4. The first kappa shape index (κ1) is 20.3. The number of carbonyl (C=O) groups is 1. The fraction of sp³-hybridized carbons (Fsp3) is 0.524. The van der Waals surface area contributed by atoms with Gasteiger partial charge in [-0.05, 0) is 37.5 Å². The molecule has 7 heteroatoms. The van der Waals surface area contributed by atoms with Gasteiger partial charge in [0.05, 0.1) is 18.4 Å². The summed E-state index contributed by atoms with van der Waals surface area (Å²) in [5, 5.41) is 4.45. The van der Waals surface area contributed by atoms with E-state index in [0.29, 0.717) is 18.7 Å². The Bertz CT molecular complexity index is 821. The average Bonchev–Trinajstić information content (AvgIpc) is 2.89. The van der Waals surface area contributed by atoms with Gasteiger partial charge in [-0.15, -0.1) is 0 Å². The Kier molecular flexibility index (Phi) is 6.67. The fourth-order valence-electron chi connectivity index (χ4n) is 3.63. The number of carbonyl (C=O) groups excluding carboxylic acids is 1. The van der Waals surface area contributed by atoms with E-state index in [1.54, 1.807) is 12.1 Å². The molecule has 1 saturated heterocycles. The molecule has 0 N–H and O–H groups in total. The molecule has 1 aliphatic rings. The number of aryl methyl sites for hydroxylation is 2. The summed E-state index contributed by atoms with van der Waals surface area (Å²) in [5.41, 5.74) is 2.50. The molecule has 2 heterocycles. The average molecular weight is 388 g/mol. The molecule has 3 rings (SSSR count). The van der Waals surface area contributed by atoms with Crippen LogP contribution in [-0.4, -0.2) is 58.8 Å². The molecule has 1 amide bonds. The highest BCUT2D eigenvalue weighted by Gasteiger charge is 2.23. The fourth-order valence-corrected chi connectivity index (χ4v) is 3.63.